The van der Waals surface area contributed by atoms with Crippen LogP contribution in [0.25, 0.3) is 0 Å². The van der Waals surface area contributed by atoms with E-state index in [9.17, 15) is 5.11 Å². The summed E-state index contributed by atoms with van der Waals surface area (Å²) in [6.45, 7) is 1.66. The Kier molecular flexibility index (Phi) is 3.55. The van der Waals surface area contributed by atoms with E-state index in [0.29, 0.717) is 5.82 Å². The van der Waals surface area contributed by atoms with Crippen LogP contribution in [-0.2, 0) is 0 Å². The molecule has 78 valence electrons. The van der Waals surface area contributed by atoms with Gasteiger partial charge in [0.05, 0.1) is 0 Å². The largest absolute Gasteiger partial charge is 0.504 e. The van der Waals surface area contributed by atoms with Gasteiger partial charge >= 0.3 is 0 Å². The Balaban J connectivity index is 0.000000980. The van der Waals surface area contributed by atoms with Crippen molar-refractivity contribution in [3.05, 3.63) is 18.3 Å². The summed E-state index contributed by atoms with van der Waals surface area (Å²) in [5, 5.41) is 9.51. The van der Waals surface area contributed by atoms with Crippen molar-refractivity contribution in [1.29, 1.82) is 0 Å². The molecule has 0 saturated carbocycles. The predicted octanol–water partition coefficient (Wildman–Crippen LogP) is 0.746. The highest BCUT2D eigenvalue weighted by Gasteiger charge is 2.21. The second kappa shape index (κ2) is 4.48. The number of nitrogens with two attached hydrogens (primary N) is 1. The van der Waals surface area contributed by atoms with Gasteiger partial charge in [-0.15, -0.1) is 12.4 Å². The molecular weight excluding hydrogens is 202 g/mol. The summed E-state index contributed by atoms with van der Waals surface area (Å²) >= 11 is 0. The van der Waals surface area contributed by atoms with Gasteiger partial charge in [0.15, 0.2) is 11.6 Å². The van der Waals surface area contributed by atoms with E-state index < -0.39 is 0 Å². The quantitative estimate of drug-likeness (QED) is 0.726. The van der Waals surface area contributed by atoms with Crippen LogP contribution in [0.1, 0.15) is 6.42 Å². The fraction of sp³-hybridized carbons (Fsp3) is 0.444. The van der Waals surface area contributed by atoms with Gasteiger partial charge in [0.25, 0.3) is 0 Å². The van der Waals surface area contributed by atoms with Crippen LogP contribution >= 0.6 is 12.4 Å². The molecule has 1 aromatic rings. The first-order valence-electron chi connectivity index (χ1n) is 4.42. The molecule has 1 atom stereocenters. The van der Waals surface area contributed by atoms with Gasteiger partial charge in [0, 0.05) is 25.3 Å². The summed E-state index contributed by atoms with van der Waals surface area (Å²) < 4.78 is 0. The summed E-state index contributed by atoms with van der Waals surface area (Å²) in [6.07, 6.45) is 2.65. The maximum absolute atomic E-state index is 9.51. The Morgan fingerprint density at radius 2 is 2.36 bits per heavy atom. The molecular formula is C9H14ClN3O. The molecule has 3 N–H and O–H groups in total. The Hall–Kier alpha value is -1.00. The molecule has 5 heteroatoms. The van der Waals surface area contributed by atoms with Gasteiger partial charge in [-0.1, -0.05) is 0 Å². The summed E-state index contributed by atoms with van der Waals surface area (Å²) in [7, 11) is 0. The second-order valence-corrected chi connectivity index (χ2v) is 3.34. The molecule has 0 unspecified atom stereocenters. The molecule has 0 aliphatic carbocycles. The summed E-state index contributed by atoms with van der Waals surface area (Å²) in [4.78, 5) is 6.13. The molecule has 14 heavy (non-hydrogen) atoms. The zero-order valence-electron chi connectivity index (χ0n) is 7.76. The molecule has 0 radical (unpaired) electrons. The van der Waals surface area contributed by atoms with E-state index in [-0.39, 0.29) is 24.2 Å². The smallest absolute Gasteiger partial charge is 0.171 e. The monoisotopic (exact) mass is 215 g/mol. The van der Waals surface area contributed by atoms with Crippen LogP contribution in [0.2, 0.25) is 0 Å². The molecule has 0 spiro atoms. The third-order valence-electron chi connectivity index (χ3n) is 2.29. The highest BCUT2D eigenvalue weighted by atomic mass is 35.5. The molecule has 2 rings (SSSR count). The molecule has 4 nitrogen and oxygen atoms in total. The van der Waals surface area contributed by atoms with Crippen LogP contribution in [0.15, 0.2) is 18.3 Å². The predicted molar refractivity (Wildman–Crippen MR) is 58.0 cm³/mol. The number of aromatic nitrogens is 1. The van der Waals surface area contributed by atoms with E-state index in [2.05, 4.69) is 4.98 Å². The van der Waals surface area contributed by atoms with E-state index in [1.807, 2.05) is 4.90 Å². The third kappa shape index (κ3) is 2.08. The van der Waals surface area contributed by atoms with Gasteiger partial charge in [-0.25, -0.2) is 4.98 Å². The highest BCUT2D eigenvalue weighted by molar-refractivity contribution is 5.85. The fourth-order valence-corrected chi connectivity index (χ4v) is 1.61. The lowest BCUT2D eigenvalue weighted by molar-refractivity contribution is 0.472. The van der Waals surface area contributed by atoms with Crippen molar-refractivity contribution >= 4 is 18.2 Å². The van der Waals surface area contributed by atoms with Crippen molar-refractivity contribution in [2.75, 3.05) is 18.0 Å². The lowest BCUT2D eigenvalue weighted by Gasteiger charge is -2.17. The Morgan fingerprint density at radius 3 is 2.93 bits per heavy atom. The van der Waals surface area contributed by atoms with Gasteiger partial charge in [0.1, 0.15) is 0 Å². The summed E-state index contributed by atoms with van der Waals surface area (Å²) in [5.41, 5.74) is 5.76. The van der Waals surface area contributed by atoms with Crippen molar-refractivity contribution in [1.82, 2.24) is 4.98 Å². The van der Waals surface area contributed by atoms with Crippen LogP contribution in [0, 0.1) is 0 Å². The molecule has 2 heterocycles. The van der Waals surface area contributed by atoms with E-state index in [4.69, 9.17) is 5.73 Å². The molecule has 1 aliphatic heterocycles. The van der Waals surface area contributed by atoms with E-state index >= 15 is 0 Å². The fourth-order valence-electron chi connectivity index (χ4n) is 1.61. The van der Waals surface area contributed by atoms with Crippen LogP contribution in [0.4, 0.5) is 5.82 Å². The lowest BCUT2D eigenvalue weighted by atomic mass is 10.3. The van der Waals surface area contributed by atoms with Crippen molar-refractivity contribution in [2.45, 2.75) is 12.5 Å². The number of rotatable bonds is 1. The van der Waals surface area contributed by atoms with Crippen LogP contribution < -0.4 is 10.6 Å². The van der Waals surface area contributed by atoms with Crippen LogP contribution in [0.3, 0.4) is 0 Å². The Bertz CT molecular complexity index is 308. The van der Waals surface area contributed by atoms with Gasteiger partial charge < -0.3 is 15.7 Å². The average molecular weight is 216 g/mol. The standard InChI is InChI=1S/C9H13N3O.ClH/c10-7-3-5-12(6-7)9-8(13)2-1-4-11-9;/h1-2,4,7,13H,3,5-6,10H2;1H/t7-;/m1./s1. The first kappa shape index (κ1) is 11.1. The third-order valence-corrected chi connectivity index (χ3v) is 2.29. The van der Waals surface area contributed by atoms with E-state index in [0.717, 1.165) is 19.5 Å². The Morgan fingerprint density at radius 1 is 1.57 bits per heavy atom. The highest BCUT2D eigenvalue weighted by Crippen LogP contribution is 2.25. The zero-order valence-corrected chi connectivity index (χ0v) is 8.57. The number of hydrogen-bond acceptors (Lipinski definition) is 4. The topological polar surface area (TPSA) is 62.4 Å². The maximum Gasteiger partial charge on any atom is 0.171 e. The minimum Gasteiger partial charge on any atom is -0.504 e. The maximum atomic E-state index is 9.51. The molecule has 1 aliphatic rings. The number of nitrogens with zero attached hydrogens (tertiary/aromatic N) is 2. The molecule has 0 amide bonds. The average Bonchev–Trinajstić information content (AvgIpc) is 2.53. The van der Waals surface area contributed by atoms with Gasteiger partial charge in [-0.2, -0.15) is 0 Å². The number of aromatic hydroxyl groups is 1. The number of halogens is 1. The number of hydrogen-bond donors (Lipinski definition) is 2. The minimum absolute atomic E-state index is 0. The molecule has 0 aromatic carbocycles. The zero-order chi connectivity index (χ0) is 9.26. The molecule has 1 saturated heterocycles. The van der Waals surface area contributed by atoms with Gasteiger partial charge in [-0.3, -0.25) is 0 Å². The van der Waals surface area contributed by atoms with Gasteiger partial charge in [0.2, 0.25) is 0 Å². The molecule has 0 bridgehead atoms. The minimum atomic E-state index is 0. The van der Waals surface area contributed by atoms with Gasteiger partial charge in [-0.05, 0) is 18.6 Å². The number of pyridine rings is 1. The van der Waals surface area contributed by atoms with Crippen molar-refractivity contribution in [2.24, 2.45) is 5.73 Å². The summed E-state index contributed by atoms with van der Waals surface area (Å²) in [5.74, 6) is 0.882. The van der Waals surface area contributed by atoms with Crippen molar-refractivity contribution < 1.29 is 5.11 Å². The first-order chi connectivity index (χ1) is 6.27. The van der Waals surface area contributed by atoms with E-state index in [1.54, 1.807) is 18.3 Å². The lowest BCUT2D eigenvalue weighted by Crippen LogP contribution is -2.26. The molecule has 1 aromatic heterocycles. The van der Waals surface area contributed by atoms with E-state index in [1.165, 1.54) is 0 Å². The number of anilines is 1. The normalized spacial score (nSPS) is 20.6. The van der Waals surface area contributed by atoms with Crippen LogP contribution in [0.5, 0.6) is 5.75 Å². The first-order valence-corrected chi connectivity index (χ1v) is 4.42. The van der Waals surface area contributed by atoms with Crippen molar-refractivity contribution in [3.63, 3.8) is 0 Å². The summed E-state index contributed by atoms with van der Waals surface area (Å²) in [6, 6.07) is 3.57. The Labute approximate surface area is 89.2 Å². The molecule has 1 fully saturated rings. The second-order valence-electron chi connectivity index (χ2n) is 3.34. The van der Waals surface area contributed by atoms with Crippen molar-refractivity contribution in [3.8, 4) is 5.75 Å². The SMILES string of the molecule is Cl.N[C@@H]1CCN(c2ncccc2O)C1. The van der Waals surface area contributed by atoms with Crippen LogP contribution in [-0.4, -0.2) is 29.2 Å².